The van der Waals surface area contributed by atoms with E-state index >= 15 is 0 Å². The van der Waals surface area contributed by atoms with Crippen LogP contribution in [0.25, 0.3) is 11.3 Å². The molecule has 0 unspecified atom stereocenters. The number of carbonyl (C=O) groups excluding carboxylic acids is 1. The molecule has 4 heterocycles. The number of rotatable bonds is 5. The van der Waals surface area contributed by atoms with E-state index in [9.17, 15) is 9.18 Å². The van der Waals surface area contributed by atoms with E-state index in [0.717, 1.165) is 59.6 Å². The first kappa shape index (κ1) is 18.1. The average Bonchev–Trinajstić information content (AvgIpc) is 3.20. The molecule has 0 saturated carbocycles. The zero-order valence-corrected chi connectivity index (χ0v) is 16.1. The number of aryl methyl sites for hydroxylation is 2. The van der Waals surface area contributed by atoms with Gasteiger partial charge < -0.3 is 14.5 Å². The predicted molar refractivity (Wildman–Crippen MR) is 102 cm³/mol. The van der Waals surface area contributed by atoms with Gasteiger partial charge in [-0.3, -0.25) is 14.5 Å². The van der Waals surface area contributed by atoms with Crippen LogP contribution >= 0.6 is 0 Å². The normalized spacial score (nSPS) is 17.4. The summed E-state index contributed by atoms with van der Waals surface area (Å²) in [6.45, 7) is 3.57. The number of ether oxygens (including phenoxy) is 1. The molecule has 2 aliphatic rings. The minimum Gasteiger partial charge on any atom is -0.455 e. The highest BCUT2D eigenvalue weighted by molar-refractivity contribution is 5.95. The van der Waals surface area contributed by atoms with Crippen LogP contribution in [0.15, 0.2) is 29.1 Å². The molecule has 7 nitrogen and oxygen atoms in total. The fraction of sp³-hybridized carbons (Fsp3) is 0.381. The Morgan fingerprint density at radius 2 is 2.24 bits per heavy atom. The maximum atomic E-state index is 13.4. The Balaban J connectivity index is 1.40. The molecule has 0 radical (unpaired) electrons. The second-order valence-corrected chi connectivity index (χ2v) is 7.56. The molecule has 1 aliphatic heterocycles. The zero-order valence-electron chi connectivity index (χ0n) is 16.1. The number of carbonyl (C=O) groups is 1. The van der Waals surface area contributed by atoms with Gasteiger partial charge in [0, 0.05) is 43.1 Å². The predicted octanol–water partition coefficient (Wildman–Crippen LogP) is 2.65. The Morgan fingerprint density at radius 3 is 3.00 bits per heavy atom. The molecule has 0 bridgehead atoms. The molecule has 5 rings (SSSR count). The van der Waals surface area contributed by atoms with E-state index in [4.69, 9.17) is 14.3 Å². The molecular weight excluding hydrogens is 375 g/mol. The summed E-state index contributed by atoms with van der Waals surface area (Å²) < 4.78 is 26.5. The third-order valence-electron chi connectivity index (χ3n) is 5.51. The largest absolute Gasteiger partial charge is 0.455 e. The smallest absolute Gasteiger partial charge is 0.287 e. The van der Waals surface area contributed by atoms with E-state index in [1.807, 2.05) is 13.1 Å². The molecule has 1 atom stereocenters. The van der Waals surface area contributed by atoms with Gasteiger partial charge in [-0.25, -0.2) is 4.39 Å². The van der Waals surface area contributed by atoms with Gasteiger partial charge in [0.25, 0.3) is 5.91 Å². The van der Waals surface area contributed by atoms with Crippen LogP contribution in [-0.2, 0) is 24.1 Å². The Bertz CT molecular complexity index is 1080. The van der Waals surface area contributed by atoms with Gasteiger partial charge in [0.1, 0.15) is 11.6 Å². The van der Waals surface area contributed by atoms with Crippen molar-refractivity contribution < 1.29 is 18.3 Å². The average molecular weight is 396 g/mol. The van der Waals surface area contributed by atoms with Crippen LogP contribution in [0.4, 0.5) is 4.39 Å². The van der Waals surface area contributed by atoms with Gasteiger partial charge in [0.2, 0.25) is 0 Å². The van der Waals surface area contributed by atoms with Crippen LogP contribution in [0.2, 0.25) is 0 Å². The summed E-state index contributed by atoms with van der Waals surface area (Å²) in [5, 5.41) is 7.59. The monoisotopic (exact) mass is 396 g/mol. The standard InChI is InChI=1S/C21H21FN4O3/c1-12-18-17(29-20(12)21(27)24-9-16-4-5-28-16)3-2-14-11-26(25-19(14)18)10-13-6-15(22)8-23-7-13/h6-8,11,16H,2-5,9-10H2,1H3,(H,24,27)/t16-/m0/s1. The van der Waals surface area contributed by atoms with Gasteiger partial charge in [0.05, 0.1) is 24.5 Å². The number of aromatic nitrogens is 3. The molecule has 1 fully saturated rings. The van der Waals surface area contributed by atoms with Gasteiger partial charge in [0.15, 0.2) is 5.76 Å². The van der Waals surface area contributed by atoms with Gasteiger partial charge in [-0.1, -0.05) is 0 Å². The molecular formula is C21H21FN4O3. The van der Waals surface area contributed by atoms with Crippen molar-refractivity contribution in [2.75, 3.05) is 13.2 Å². The Hall–Kier alpha value is -3.00. The Kier molecular flexibility index (Phi) is 4.43. The number of hydrogen-bond acceptors (Lipinski definition) is 5. The number of furan rings is 1. The molecule has 1 amide bonds. The van der Waals surface area contributed by atoms with E-state index in [-0.39, 0.29) is 17.8 Å². The van der Waals surface area contributed by atoms with Gasteiger partial charge in [-0.05, 0) is 37.0 Å². The molecule has 150 valence electrons. The first-order chi connectivity index (χ1) is 14.1. The van der Waals surface area contributed by atoms with Crippen molar-refractivity contribution >= 4 is 5.91 Å². The molecule has 1 aliphatic carbocycles. The van der Waals surface area contributed by atoms with E-state index in [0.29, 0.717) is 18.8 Å². The van der Waals surface area contributed by atoms with E-state index in [1.165, 1.54) is 12.3 Å². The van der Waals surface area contributed by atoms with Crippen molar-refractivity contribution in [2.45, 2.75) is 38.8 Å². The Labute approximate surface area is 166 Å². The molecule has 3 aromatic rings. The highest BCUT2D eigenvalue weighted by Crippen LogP contribution is 2.38. The van der Waals surface area contributed by atoms with Crippen LogP contribution in [-0.4, -0.2) is 39.9 Å². The lowest BCUT2D eigenvalue weighted by Gasteiger charge is -2.26. The number of nitrogens with zero attached hydrogens (tertiary/aromatic N) is 3. The summed E-state index contributed by atoms with van der Waals surface area (Å²) in [4.78, 5) is 16.5. The third-order valence-corrected chi connectivity index (χ3v) is 5.51. The number of halogens is 1. The van der Waals surface area contributed by atoms with Crippen molar-refractivity contribution in [3.63, 3.8) is 0 Å². The fourth-order valence-electron chi connectivity index (χ4n) is 3.92. The van der Waals surface area contributed by atoms with Crippen molar-refractivity contribution in [1.82, 2.24) is 20.1 Å². The topological polar surface area (TPSA) is 82.2 Å². The Morgan fingerprint density at radius 1 is 1.38 bits per heavy atom. The summed E-state index contributed by atoms with van der Waals surface area (Å²) >= 11 is 0. The number of fused-ring (bicyclic) bond motifs is 3. The minimum absolute atomic E-state index is 0.100. The molecule has 29 heavy (non-hydrogen) atoms. The van der Waals surface area contributed by atoms with Gasteiger partial charge >= 0.3 is 0 Å². The summed E-state index contributed by atoms with van der Waals surface area (Å²) in [6, 6.07) is 1.45. The van der Waals surface area contributed by atoms with Crippen molar-refractivity contribution in [2.24, 2.45) is 0 Å². The summed E-state index contributed by atoms with van der Waals surface area (Å²) in [5.41, 5.74) is 4.36. The third kappa shape index (κ3) is 3.33. The van der Waals surface area contributed by atoms with E-state index in [1.54, 1.807) is 10.9 Å². The molecule has 3 aromatic heterocycles. The maximum Gasteiger partial charge on any atom is 0.287 e. The maximum absolute atomic E-state index is 13.4. The lowest BCUT2D eigenvalue weighted by molar-refractivity contribution is -0.0473. The second kappa shape index (κ2) is 7.11. The van der Waals surface area contributed by atoms with Crippen molar-refractivity contribution in [1.29, 1.82) is 0 Å². The molecule has 8 heteroatoms. The fourth-order valence-corrected chi connectivity index (χ4v) is 3.92. The zero-order chi connectivity index (χ0) is 20.0. The van der Waals surface area contributed by atoms with E-state index < -0.39 is 0 Å². The number of nitrogens with one attached hydrogen (secondary N) is 1. The lowest BCUT2D eigenvalue weighted by atomic mass is 9.93. The summed E-state index contributed by atoms with van der Waals surface area (Å²) in [6.07, 6.45) is 7.36. The van der Waals surface area contributed by atoms with Gasteiger partial charge in [-0.15, -0.1) is 0 Å². The van der Waals surface area contributed by atoms with Crippen LogP contribution in [0.1, 0.15) is 39.4 Å². The van der Waals surface area contributed by atoms with Crippen LogP contribution < -0.4 is 5.32 Å². The number of pyridine rings is 1. The highest BCUT2D eigenvalue weighted by atomic mass is 19.1. The minimum atomic E-state index is -0.365. The summed E-state index contributed by atoms with van der Waals surface area (Å²) in [7, 11) is 0. The van der Waals surface area contributed by atoms with Crippen LogP contribution in [0.5, 0.6) is 0 Å². The van der Waals surface area contributed by atoms with Crippen LogP contribution in [0, 0.1) is 12.7 Å². The van der Waals surface area contributed by atoms with E-state index in [2.05, 4.69) is 10.3 Å². The first-order valence-electron chi connectivity index (χ1n) is 9.76. The quantitative estimate of drug-likeness (QED) is 0.717. The molecule has 0 spiro atoms. The second-order valence-electron chi connectivity index (χ2n) is 7.56. The van der Waals surface area contributed by atoms with Crippen molar-refractivity contribution in [3.05, 3.63) is 58.7 Å². The first-order valence-corrected chi connectivity index (χ1v) is 9.76. The number of amides is 1. The number of hydrogen-bond donors (Lipinski definition) is 1. The lowest BCUT2D eigenvalue weighted by Crippen LogP contribution is -2.39. The molecule has 1 saturated heterocycles. The summed E-state index contributed by atoms with van der Waals surface area (Å²) in [5.74, 6) is 0.540. The van der Waals surface area contributed by atoms with Crippen LogP contribution in [0.3, 0.4) is 0 Å². The van der Waals surface area contributed by atoms with Crippen molar-refractivity contribution in [3.8, 4) is 11.3 Å². The SMILES string of the molecule is Cc1c(C(=O)NC[C@@H]2CCO2)oc2c1-c1nn(Cc3cncc(F)c3)cc1CC2. The molecule has 0 aromatic carbocycles. The van der Waals surface area contributed by atoms with Gasteiger partial charge in [-0.2, -0.15) is 5.10 Å². The highest BCUT2D eigenvalue weighted by Gasteiger charge is 2.30. The molecule has 1 N–H and O–H groups in total.